The number of rotatable bonds is 3. The summed E-state index contributed by atoms with van der Waals surface area (Å²) in [5, 5.41) is 0.695. The Kier molecular flexibility index (Phi) is 3.52. The maximum Gasteiger partial charge on any atom is 0.106 e. The van der Waals surface area contributed by atoms with E-state index in [0.29, 0.717) is 5.02 Å². The Bertz CT molecular complexity index is 522. The van der Waals surface area contributed by atoms with E-state index in [2.05, 4.69) is 5.43 Å². The maximum atomic E-state index is 5.99. The highest BCUT2D eigenvalue weighted by molar-refractivity contribution is 6.30. The van der Waals surface area contributed by atoms with Gasteiger partial charge in [-0.15, -0.1) is 0 Å². The van der Waals surface area contributed by atoms with Crippen molar-refractivity contribution in [3.63, 3.8) is 0 Å². The Morgan fingerprint density at radius 2 is 2.06 bits per heavy atom. The van der Waals surface area contributed by atoms with Crippen LogP contribution in [0.4, 0.5) is 0 Å². The van der Waals surface area contributed by atoms with Crippen LogP contribution in [0.3, 0.4) is 0 Å². The van der Waals surface area contributed by atoms with E-state index in [1.54, 1.807) is 0 Å². The Hall–Kier alpha value is -1.29. The molecule has 1 unspecified atom stereocenters. The second kappa shape index (κ2) is 4.92. The summed E-state index contributed by atoms with van der Waals surface area (Å²) in [5.74, 6) is 7.37. The summed E-state index contributed by atoms with van der Waals surface area (Å²) in [5.41, 5.74) is 4.85. The van der Waals surface area contributed by atoms with E-state index in [4.69, 9.17) is 21.9 Å². The Labute approximate surface area is 106 Å². The highest BCUT2D eigenvalue weighted by Gasteiger charge is 2.17. The molecule has 0 saturated heterocycles. The predicted octanol–water partition coefficient (Wildman–Crippen LogP) is 3.10. The van der Waals surface area contributed by atoms with E-state index in [-0.39, 0.29) is 6.04 Å². The SMILES string of the molecule is Cc1cc(C(NN)c2cccc(Cl)c2)c(C)o1. The number of hydrogen-bond donors (Lipinski definition) is 2. The highest BCUT2D eigenvalue weighted by Crippen LogP contribution is 2.28. The fraction of sp³-hybridized carbons (Fsp3) is 0.231. The molecule has 2 rings (SSSR count). The van der Waals surface area contributed by atoms with Crippen molar-refractivity contribution >= 4 is 11.6 Å². The summed E-state index contributed by atoms with van der Waals surface area (Å²) >= 11 is 5.99. The van der Waals surface area contributed by atoms with Crippen molar-refractivity contribution in [2.75, 3.05) is 0 Å². The molecule has 3 nitrogen and oxygen atoms in total. The molecule has 0 radical (unpaired) electrons. The zero-order chi connectivity index (χ0) is 12.4. The number of halogens is 1. The molecule has 1 aromatic carbocycles. The molecule has 1 aromatic heterocycles. The molecule has 1 heterocycles. The number of hydrogen-bond acceptors (Lipinski definition) is 3. The van der Waals surface area contributed by atoms with Crippen LogP contribution in [0, 0.1) is 13.8 Å². The molecule has 0 aliphatic carbocycles. The molecular formula is C13H15ClN2O. The van der Waals surface area contributed by atoms with Crippen LogP contribution < -0.4 is 11.3 Å². The van der Waals surface area contributed by atoms with Crippen LogP contribution >= 0.6 is 11.6 Å². The van der Waals surface area contributed by atoms with Gasteiger partial charge in [-0.1, -0.05) is 23.7 Å². The molecule has 0 spiro atoms. The molecular weight excluding hydrogens is 236 g/mol. The largest absolute Gasteiger partial charge is 0.466 e. The normalized spacial score (nSPS) is 12.7. The highest BCUT2D eigenvalue weighted by atomic mass is 35.5. The number of hydrazine groups is 1. The number of aryl methyl sites for hydroxylation is 2. The summed E-state index contributed by atoms with van der Waals surface area (Å²) in [6, 6.07) is 9.51. The van der Waals surface area contributed by atoms with Gasteiger partial charge in [0, 0.05) is 10.6 Å². The molecule has 0 saturated carbocycles. The topological polar surface area (TPSA) is 51.2 Å². The van der Waals surface area contributed by atoms with E-state index < -0.39 is 0 Å². The third-order valence-electron chi connectivity index (χ3n) is 2.74. The summed E-state index contributed by atoms with van der Waals surface area (Å²) in [7, 11) is 0. The molecule has 0 aliphatic heterocycles. The van der Waals surface area contributed by atoms with Gasteiger partial charge in [0.15, 0.2) is 0 Å². The maximum absolute atomic E-state index is 5.99. The van der Waals surface area contributed by atoms with Crippen LogP contribution in [0.2, 0.25) is 5.02 Å². The summed E-state index contributed by atoms with van der Waals surface area (Å²) in [4.78, 5) is 0. The molecule has 17 heavy (non-hydrogen) atoms. The Balaban J connectivity index is 2.43. The van der Waals surface area contributed by atoms with E-state index in [9.17, 15) is 0 Å². The predicted molar refractivity (Wildman–Crippen MR) is 68.8 cm³/mol. The minimum absolute atomic E-state index is 0.105. The van der Waals surface area contributed by atoms with Crippen LogP contribution in [0.15, 0.2) is 34.7 Å². The van der Waals surface area contributed by atoms with Crippen LogP contribution in [-0.2, 0) is 0 Å². The van der Waals surface area contributed by atoms with Crippen LogP contribution in [-0.4, -0.2) is 0 Å². The number of furan rings is 1. The molecule has 4 heteroatoms. The van der Waals surface area contributed by atoms with Crippen molar-refractivity contribution in [3.05, 3.63) is 58.0 Å². The van der Waals surface area contributed by atoms with Gasteiger partial charge in [0.25, 0.3) is 0 Å². The molecule has 0 aliphatic rings. The standard InChI is InChI=1S/C13H15ClN2O/c1-8-6-12(9(2)17-8)13(16-15)10-4-3-5-11(14)7-10/h3-7,13,16H,15H2,1-2H3. The van der Waals surface area contributed by atoms with Gasteiger partial charge in [0.1, 0.15) is 11.5 Å². The van der Waals surface area contributed by atoms with Gasteiger partial charge in [0.2, 0.25) is 0 Å². The van der Waals surface area contributed by atoms with Gasteiger partial charge in [-0.3, -0.25) is 5.84 Å². The summed E-state index contributed by atoms with van der Waals surface area (Å²) in [6.45, 7) is 3.85. The van der Waals surface area contributed by atoms with Gasteiger partial charge >= 0.3 is 0 Å². The van der Waals surface area contributed by atoms with Crippen LogP contribution in [0.5, 0.6) is 0 Å². The molecule has 90 valence electrons. The van der Waals surface area contributed by atoms with E-state index >= 15 is 0 Å². The quantitative estimate of drug-likeness (QED) is 0.650. The molecule has 3 N–H and O–H groups in total. The monoisotopic (exact) mass is 250 g/mol. The lowest BCUT2D eigenvalue weighted by molar-refractivity contribution is 0.495. The zero-order valence-electron chi connectivity index (χ0n) is 9.83. The van der Waals surface area contributed by atoms with E-state index in [1.807, 2.05) is 44.2 Å². The second-order valence-electron chi connectivity index (χ2n) is 4.02. The zero-order valence-corrected chi connectivity index (χ0v) is 10.6. The Morgan fingerprint density at radius 3 is 2.59 bits per heavy atom. The molecule has 0 fully saturated rings. The number of nitrogens with one attached hydrogen (secondary N) is 1. The Morgan fingerprint density at radius 1 is 1.29 bits per heavy atom. The molecule has 0 amide bonds. The lowest BCUT2D eigenvalue weighted by atomic mass is 10.00. The molecule has 0 bridgehead atoms. The second-order valence-corrected chi connectivity index (χ2v) is 4.46. The lowest BCUT2D eigenvalue weighted by Crippen LogP contribution is -2.29. The van der Waals surface area contributed by atoms with E-state index in [0.717, 1.165) is 22.6 Å². The van der Waals surface area contributed by atoms with Crippen molar-refractivity contribution in [2.45, 2.75) is 19.9 Å². The average Bonchev–Trinajstić information content (AvgIpc) is 2.59. The number of benzene rings is 1. The van der Waals surface area contributed by atoms with Gasteiger partial charge in [-0.05, 0) is 37.6 Å². The fourth-order valence-corrected chi connectivity index (χ4v) is 2.19. The summed E-state index contributed by atoms with van der Waals surface area (Å²) < 4.78 is 5.52. The smallest absolute Gasteiger partial charge is 0.106 e. The van der Waals surface area contributed by atoms with Crippen LogP contribution in [0.1, 0.15) is 28.7 Å². The van der Waals surface area contributed by atoms with Gasteiger partial charge in [-0.25, -0.2) is 5.43 Å². The van der Waals surface area contributed by atoms with Crippen LogP contribution in [0.25, 0.3) is 0 Å². The summed E-state index contributed by atoms with van der Waals surface area (Å²) in [6.07, 6.45) is 0. The average molecular weight is 251 g/mol. The minimum Gasteiger partial charge on any atom is -0.466 e. The van der Waals surface area contributed by atoms with Gasteiger partial charge in [-0.2, -0.15) is 0 Å². The van der Waals surface area contributed by atoms with Crippen molar-refractivity contribution in [1.29, 1.82) is 0 Å². The number of nitrogens with two attached hydrogens (primary N) is 1. The first-order chi connectivity index (χ1) is 8.11. The minimum atomic E-state index is -0.105. The van der Waals surface area contributed by atoms with Crippen molar-refractivity contribution in [3.8, 4) is 0 Å². The molecule has 1 atom stereocenters. The first kappa shape index (κ1) is 12.2. The third kappa shape index (κ3) is 2.52. The lowest BCUT2D eigenvalue weighted by Gasteiger charge is -2.15. The third-order valence-corrected chi connectivity index (χ3v) is 2.97. The van der Waals surface area contributed by atoms with E-state index in [1.165, 1.54) is 0 Å². The van der Waals surface area contributed by atoms with Crippen molar-refractivity contribution in [2.24, 2.45) is 5.84 Å². The molecule has 2 aromatic rings. The first-order valence-electron chi connectivity index (χ1n) is 5.40. The fourth-order valence-electron chi connectivity index (χ4n) is 1.99. The van der Waals surface area contributed by atoms with Gasteiger partial charge < -0.3 is 4.42 Å². The first-order valence-corrected chi connectivity index (χ1v) is 5.78. The van der Waals surface area contributed by atoms with Crippen molar-refractivity contribution < 1.29 is 4.42 Å². The van der Waals surface area contributed by atoms with Crippen molar-refractivity contribution in [1.82, 2.24) is 5.43 Å². The van der Waals surface area contributed by atoms with Gasteiger partial charge in [0.05, 0.1) is 6.04 Å².